The summed E-state index contributed by atoms with van der Waals surface area (Å²) in [6.07, 6.45) is 1.28. The minimum absolute atomic E-state index is 0.512. The number of nitrogens with one attached hydrogen (secondary N) is 1. The van der Waals surface area contributed by atoms with E-state index in [9.17, 15) is 4.79 Å². The lowest BCUT2D eigenvalue weighted by atomic mass is 10.1. The van der Waals surface area contributed by atoms with Gasteiger partial charge in [0.15, 0.2) is 0 Å². The minimum atomic E-state index is -0.548. The monoisotopic (exact) mass is 304 g/mol. The van der Waals surface area contributed by atoms with Crippen molar-refractivity contribution in [1.82, 2.24) is 15.0 Å². The van der Waals surface area contributed by atoms with Crippen LogP contribution in [-0.4, -0.2) is 33.8 Å². The number of aryl methyl sites for hydroxylation is 1. The van der Waals surface area contributed by atoms with Crippen LogP contribution in [-0.2, 0) is 11.8 Å². The summed E-state index contributed by atoms with van der Waals surface area (Å²) in [4.78, 5) is 11.8. The molecule has 7 nitrogen and oxygen atoms in total. The molecule has 0 radical (unpaired) electrons. The smallest absolute Gasteiger partial charge is 0.412 e. The molecule has 0 saturated heterocycles. The SMILES string of the molecule is COc1cc(NC(=O)OC(C)(C)C)ccc1-c1cn(C)nn1. The Balaban J connectivity index is 2.21. The van der Waals surface area contributed by atoms with Crippen LogP contribution in [0.4, 0.5) is 10.5 Å². The number of carbonyl (C=O) groups is 1. The number of ether oxygens (including phenoxy) is 2. The van der Waals surface area contributed by atoms with Gasteiger partial charge in [-0.25, -0.2) is 4.79 Å². The third-order valence-corrected chi connectivity index (χ3v) is 2.73. The number of hydrogen-bond donors (Lipinski definition) is 1. The number of benzene rings is 1. The third kappa shape index (κ3) is 3.97. The maximum Gasteiger partial charge on any atom is 0.412 e. The maximum atomic E-state index is 11.8. The van der Waals surface area contributed by atoms with E-state index >= 15 is 0 Å². The van der Waals surface area contributed by atoms with Crippen LogP contribution < -0.4 is 10.1 Å². The number of rotatable bonds is 3. The molecule has 0 bridgehead atoms. The number of amides is 1. The Morgan fingerprint density at radius 1 is 1.32 bits per heavy atom. The van der Waals surface area contributed by atoms with Gasteiger partial charge in [-0.3, -0.25) is 10.00 Å². The summed E-state index contributed by atoms with van der Waals surface area (Å²) in [5, 5.41) is 10.6. The van der Waals surface area contributed by atoms with Gasteiger partial charge in [-0.05, 0) is 32.9 Å². The molecule has 1 aromatic heterocycles. The zero-order valence-corrected chi connectivity index (χ0v) is 13.4. The van der Waals surface area contributed by atoms with Gasteiger partial charge < -0.3 is 9.47 Å². The van der Waals surface area contributed by atoms with Crippen LogP contribution in [0.5, 0.6) is 5.75 Å². The molecular weight excluding hydrogens is 284 g/mol. The molecular formula is C15H20N4O3. The standard InChI is InChI=1S/C15H20N4O3/c1-15(2,3)22-14(20)16-10-6-7-11(13(8-10)21-5)12-9-19(4)18-17-12/h6-9H,1-5H3,(H,16,20). The number of nitrogens with zero attached hydrogens (tertiary/aromatic N) is 3. The predicted octanol–water partition coefficient (Wildman–Crippen LogP) is 2.84. The van der Waals surface area contributed by atoms with Crippen LogP contribution in [0, 0.1) is 0 Å². The van der Waals surface area contributed by atoms with Crippen LogP contribution in [0.25, 0.3) is 11.3 Å². The summed E-state index contributed by atoms with van der Waals surface area (Å²) in [7, 11) is 3.36. The average molecular weight is 304 g/mol. The van der Waals surface area contributed by atoms with Crippen molar-refractivity contribution in [3.8, 4) is 17.0 Å². The molecule has 2 rings (SSSR count). The summed E-state index contributed by atoms with van der Waals surface area (Å²) in [5.41, 5.74) is 1.53. The first kappa shape index (κ1) is 15.8. The second-order valence-electron chi connectivity index (χ2n) is 5.82. The number of carbonyl (C=O) groups excluding carboxylic acids is 1. The van der Waals surface area contributed by atoms with Crippen LogP contribution in [0.15, 0.2) is 24.4 Å². The second-order valence-corrected chi connectivity index (χ2v) is 5.82. The molecule has 0 spiro atoms. The first-order chi connectivity index (χ1) is 10.3. The van der Waals surface area contributed by atoms with Gasteiger partial charge in [-0.2, -0.15) is 0 Å². The molecule has 0 unspecified atom stereocenters. The zero-order valence-electron chi connectivity index (χ0n) is 13.4. The van der Waals surface area contributed by atoms with E-state index in [1.165, 1.54) is 0 Å². The maximum absolute atomic E-state index is 11.8. The topological polar surface area (TPSA) is 78.3 Å². The molecule has 0 saturated carbocycles. The second kappa shape index (κ2) is 6.05. The van der Waals surface area contributed by atoms with E-state index in [1.807, 2.05) is 26.8 Å². The minimum Gasteiger partial charge on any atom is -0.496 e. The Morgan fingerprint density at radius 3 is 2.59 bits per heavy atom. The van der Waals surface area contributed by atoms with Crippen LogP contribution in [0.1, 0.15) is 20.8 Å². The first-order valence-corrected chi connectivity index (χ1v) is 6.83. The number of anilines is 1. The fourth-order valence-electron chi connectivity index (χ4n) is 1.87. The van der Waals surface area contributed by atoms with Gasteiger partial charge in [-0.15, -0.1) is 5.10 Å². The van der Waals surface area contributed by atoms with Crippen molar-refractivity contribution in [3.05, 3.63) is 24.4 Å². The van der Waals surface area contributed by atoms with Crippen molar-refractivity contribution in [2.45, 2.75) is 26.4 Å². The van der Waals surface area contributed by atoms with Gasteiger partial charge in [0.2, 0.25) is 0 Å². The molecule has 7 heteroatoms. The van der Waals surface area contributed by atoms with Gasteiger partial charge in [0.25, 0.3) is 0 Å². The Morgan fingerprint density at radius 2 is 2.05 bits per heavy atom. The molecule has 0 aliphatic carbocycles. The van der Waals surface area contributed by atoms with Gasteiger partial charge >= 0.3 is 6.09 Å². The quantitative estimate of drug-likeness (QED) is 0.943. The normalized spacial score (nSPS) is 11.1. The predicted molar refractivity (Wildman–Crippen MR) is 82.8 cm³/mol. The van der Waals surface area contributed by atoms with E-state index in [2.05, 4.69) is 15.6 Å². The molecule has 0 atom stereocenters. The fraction of sp³-hybridized carbons (Fsp3) is 0.400. The highest BCUT2D eigenvalue weighted by molar-refractivity contribution is 5.86. The molecule has 118 valence electrons. The van der Waals surface area contributed by atoms with Crippen molar-refractivity contribution in [2.24, 2.45) is 7.05 Å². The Bertz CT molecular complexity index is 674. The van der Waals surface area contributed by atoms with E-state index in [-0.39, 0.29) is 0 Å². The molecule has 0 aliphatic heterocycles. The fourth-order valence-corrected chi connectivity index (χ4v) is 1.87. The van der Waals surface area contributed by atoms with Gasteiger partial charge in [0.1, 0.15) is 17.0 Å². The van der Waals surface area contributed by atoms with Gasteiger partial charge in [0, 0.05) is 24.4 Å². The molecule has 0 aliphatic rings. The summed E-state index contributed by atoms with van der Waals surface area (Å²) >= 11 is 0. The lowest BCUT2D eigenvalue weighted by Gasteiger charge is -2.20. The number of methoxy groups -OCH3 is 1. The molecule has 1 amide bonds. The first-order valence-electron chi connectivity index (χ1n) is 6.83. The summed E-state index contributed by atoms with van der Waals surface area (Å²) in [6, 6.07) is 5.29. The van der Waals surface area contributed by atoms with Crippen molar-refractivity contribution >= 4 is 11.8 Å². The van der Waals surface area contributed by atoms with Crippen molar-refractivity contribution in [1.29, 1.82) is 0 Å². The lowest BCUT2D eigenvalue weighted by molar-refractivity contribution is 0.0636. The van der Waals surface area contributed by atoms with Crippen molar-refractivity contribution in [2.75, 3.05) is 12.4 Å². The van der Waals surface area contributed by atoms with Crippen LogP contribution in [0.3, 0.4) is 0 Å². The van der Waals surface area contributed by atoms with Crippen LogP contribution >= 0.6 is 0 Å². The third-order valence-electron chi connectivity index (χ3n) is 2.73. The van der Waals surface area contributed by atoms with E-state index in [0.29, 0.717) is 17.1 Å². The molecule has 1 heterocycles. The zero-order chi connectivity index (χ0) is 16.3. The van der Waals surface area contributed by atoms with Crippen molar-refractivity contribution < 1.29 is 14.3 Å². The largest absolute Gasteiger partial charge is 0.496 e. The molecule has 1 aromatic carbocycles. The molecule has 1 N–H and O–H groups in total. The van der Waals surface area contributed by atoms with Crippen molar-refractivity contribution in [3.63, 3.8) is 0 Å². The highest BCUT2D eigenvalue weighted by Crippen LogP contribution is 2.31. The van der Waals surface area contributed by atoms with Gasteiger partial charge in [-0.1, -0.05) is 5.21 Å². The van der Waals surface area contributed by atoms with E-state index in [4.69, 9.17) is 9.47 Å². The summed E-state index contributed by atoms with van der Waals surface area (Å²) in [6.45, 7) is 5.43. The molecule has 22 heavy (non-hydrogen) atoms. The van der Waals surface area contributed by atoms with E-state index < -0.39 is 11.7 Å². The molecule has 0 fully saturated rings. The Hall–Kier alpha value is -2.57. The summed E-state index contributed by atoms with van der Waals surface area (Å²) in [5.74, 6) is 0.592. The van der Waals surface area contributed by atoms with E-state index in [1.54, 1.807) is 37.2 Å². The average Bonchev–Trinajstić information content (AvgIpc) is 2.82. The lowest BCUT2D eigenvalue weighted by Crippen LogP contribution is -2.27. The van der Waals surface area contributed by atoms with E-state index in [0.717, 1.165) is 5.56 Å². The highest BCUT2D eigenvalue weighted by atomic mass is 16.6. The Labute approximate surface area is 129 Å². The van der Waals surface area contributed by atoms with Gasteiger partial charge in [0.05, 0.1) is 13.3 Å². The van der Waals surface area contributed by atoms with Crippen LogP contribution in [0.2, 0.25) is 0 Å². The number of hydrogen-bond acceptors (Lipinski definition) is 5. The molecule has 2 aromatic rings. The highest BCUT2D eigenvalue weighted by Gasteiger charge is 2.17. The Kier molecular flexibility index (Phi) is 4.35. The summed E-state index contributed by atoms with van der Waals surface area (Å²) < 4.78 is 12.2. The number of aromatic nitrogens is 3.